The number of hydrogen-bond donors (Lipinski definition) is 1. The molecule has 1 unspecified atom stereocenters. The molecule has 0 saturated carbocycles. The Labute approximate surface area is 82.4 Å². The van der Waals surface area contributed by atoms with Gasteiger partial charge in [-0.25, -0.2) is 8.78 Å². The molecule has 0 saturated heterocycles. The first-order valence-corrected chi connectivity index (χ1v) is 4.63. The van der Waals surface area contributed by atoms with E-state index in [1.807, 2.05) is 13.8 Å². The first-order chi connectivity index (χ1) is 6.52. The van der Waals surface area contributed by atoms with E-state index < -0.39 is 17.7 Å². The van der Waals surface area contributed by atoms with Gasteiger partial charge in [-0.2, -0.15) is 0 Å². The Morgan fingerprint density at radius 2 is 1.71 bits per heavy atom. The molecule has 0 amide bonds. The van der Waals surface area contributed by atoms with Crippen LogP contribution in [0.15, 0.2) is 18.2 Å². The first kappa shape index (κ1) is 11.1. The van der Waals surface area contributed by atoms with Gasteiger partial charge in [-0.1, -0.05) is 19.9 Å². The first-order valence-electron chi connectivity index (χ1n) is 4.63. The number of aliphatic hydroxyl groups excluding tert-OH is 1. The molecule has 1 aromatic rings. The molecule has 0 aliphatic heterocycles. The molecule has 1 nitrogen and oxygen atoms in total. The van der Waals surface area contributed by atoms with Crippen molar-refractivity contribution in [3.63, 3.8) is 0 Å². The number of aliphatic hydroxyl groups is 1. The summed E-state index contributed by atoms with van der Waals surface area (Å²) < 4.78 is 26.2. The average molecular weight is 200 g/mol. The summed E-state index contributed by atoms with van der Waals surface area (Å²) in [6.45, 7) is 3.62. The largest absolute Gasteiger partial charge is 0.393 e. The summed E-state index contributed by atoms with van der Waals surface area (Å²) in [4.78, 5) is 0. The second-order valence-electron chi connectivity index (χ2n) is 3.72. The summed E-state index contributed by atoms with van der Waals surface area (Å²) in [7, 11) is 0. The maximum absolute atomic E-state index is 13.1. The van der Waals surface area contributed by atoms with Gasteiger partial charge in [-0.15, -0.1) is 0 Å². The van der Waals surface area contributed by atoms with Crippen LogP contribution in [0.3, 0.4) is 0 Å². The lowest BCUT2D eigenvalue weighted by molar-refractivity contribution is 0.123. The fourth-order valence-electron chi connectivity index (χ4n) is 1.17. The molecule has 0 aromatic heterocycles. The van der Waals surface area contributed by atoms with E-state index in [1.165, 1.54) is 18.2 Å². The molecule has 3 heteroatoms. The van der Waals surface area contributed by atoms with Crippen LogP contribution in [0.25, 0.3) is 0 Å². The van der Waals surface area contributed by atoms with Crippen molar-refractivity contribution in [1.29, 1.82) is 0 Å². The van der Waals surface area contributed by atoms with E-state index in [1.54, 1.807) is 0 Å². The maximum atomic E-state index is 13.1. The SMILES string of the molecule is CC(C)C(O)Cc1c(F)cccc1F. The lowest BCUT2D eigenvalue weighted by Crippen LogP contribution is -2.19. The Morgan fingerprint density at radius 3 is 2.14 bits per heavy atom. The van der Waals surface area contributed by atoms with Crippen molar-refractivity contribution in [2.75, 3.05) is 0 Å². The number of hydrogen-bond acceptors (Lipinski definition) is 1. The van der Waals surface area contributed by atoms with Gasteiger partial charge in [-0.05, 0) is 18.1 Å². The fraction of sp³-hybridized carbons (Fsp3) is 0.455. The Balaban J connectivity index is 2.85. The van der Waals surface area contributed by atoms with E-state index in [0.29, 0.717) is 0 Å². The third kappa shape index (κ3) is 2.51. The van der Waals surface area contributed by atoms with Crippen LogP contribution in [0, 0.1) is 17.6 Å². The van der Waals surface area contributed by atoms with Crippen molar-refractivity contribution in [3.05, 3.63) is 35.4 Å². The van der Waals surface area contributed by atoms with Gasteiger partial charge in [0, 0.05) is 12.0 Å². The molecule has 1 rings (SSSR count). The molecular formula is C11H14F2O. The fourth-order valence-corrected chi connectivity index (χ4v) is 1.17. The van der Waals surface area contributed by atoms with Crippen LogP contribution in [-0.2, 0) is 6.42 Å². The van der Waals surface area contributed by atoms with Gasteiger partial charge in [0.15, 0.2) is 0 Å². The summed E-state index contributed by atoms with van der Waals surface area (Å²) in [5, 5.41) is 9.50. The molecule has 1 aromatic carbocycles. The van der Waals surface area contributed by atoms with Gasteiger partial charge in [0.05, 0.1) is 6.10 Å². The quantitative estimate of drug-likeness (QED) is 0.794. The van der Waals surface area contributed by atoms with Gasteiger partial charge in [0.1, 0.15) is 11.6 Å². The normalized spacial score (nSPS) is 13.3. The molecule has 0 aliphatic rings. The monoisotopic (exact) mass is 200 g/mol. The van der Waals surface area contributed by atoms with Gasteiger partial charge in [-0.3, -0.25) is 0 Å². The van der Waals surface area contributed by atoms with E-state index in [2.05, 4.69) is 0 Å². The van der Waals surface area contributed by atoms with Crippen molar-refractivity contribution < 1.29 is 13.9 Å². The minimum atomic E-state index is -0.707. The standard InChI is InChI=1S/C11H14F2O/c1-7(2)11(14)6-8-9(12)4-3-5-10(8)13/h3-5,7,11,14H,6H2,1-2H3. The molecule has 0 fully saturated rings. The lowest BCUT2D eigenvalue weighted by atomic mass is 9.99. The van der Waals surface area contributed by atoms with E-state index in [4.69, 9.17) is 0 Å². The third-order valence-electron chi connectivity index (χ3n) is 2.24. The molecule has 1 atom stereocenters. The smallest absolute Gasteiger partial charge is 0.129 e. The van der Waals surface area contributed by atoms with Crippen LogP contribution in [0.4, 0.5) is 8.78 Å². The van der Waals surface area contributed by atoms with E-state index in [-0.39, 0.29) is 17.9 Å². The molecule has 14 heavy (non-hydrogen) atoms. The van der Waals surface area contributed by atoms with Crippen molar-refractivity contribution in [3.8, 4) is 0 Å². The van der Waals surface area contributed by atoms with Crippen molar-refractivity contribution in [2.24, 2.45) is 5.92 Å². The van der Waals surface area contributed by atoms with Gasteiger partial charge in [0.2, 0.25) is 0 Å². The maximum Gasteiger partial charge on any atom is 0.129 e. The molecule has 78 valence electrons. The average Bonchev–Trinajstić information content (AvgIpc) is 2.11. The highest BCUT2D eigenvalue weighted by Crippen LogP contribution is 2.16. The third-order valence-corrected chi connectivity index (χ3v) is 2.24. The Bertz CT molecular complexity index is 290. The van der Waals surface area contributed by atoms with Crippen LogP contribution in [-0.4, -0.2) is 11.2 Å². The number of benzene rings is 1. The summed E-state index contributed by atoms with van der Waals surface area (Å²) >= 11 is 0. The van der Waals surface area contributed by atoms with Gasteiger partial charge < -0.3 is 5.11 Å². The van der Waals surface area contributed by atoms with Gasteiger partial charge >= 0.3 is 0 Å². The van der Waals surface area contributed by atoms with Crippen LogP contribution in [0.2, 0.25) is 0 Å². The van der Waals surface area contributed by atoms with E-state index in [9.17, 15) is 13.9 Å². The number of rotatable bonds is 3. The van der Waals surface area contributed by atoms with Crippen molar-refractivity contribution in [1.82, 2.24) is 0 Å². The van der Waals surface area contributed by atoms with Crippen LogP contribution >= 0.6 is 0 Å². The zero-order valence-electron chi connectivity index (χ0n) is 8.30. The summed E-state index contributed by atoms with van der Waals surface area (Å²) in [5.41, 5.74) is -0.0336. The summed E-state index contributed by atoms with van der Waals surface area (Å²) in [5.74, 6) is -1.19. The molecule has 0 spiro atoms. The molecule has 0 bridgehead atoms. The predicted octanol–water partition coefficient (Wildman–Crippen LogP) is 2.52. The van der Waals surface area contributed by atoms with Crippen LogP contribution in [0.1, 0.15) is 19.4 Å². The van der Waals surface area contributed by atoms with E-state index in [0.717, 1.165) is 0 Å². The topological polar surface area (TPSA) is 20.2 Å². The van der Waals surface area contributed by atoms with Crippen LogP contribution in [0.5, 0.6) is 0 Å². The van der Waals surface area contributed by atoms with Crippen molar-refractivity contribution in [2.45, 2.75) is 26.4 Å². The highest BCUT2D eigenvalue weighted by molar-refractivity contribution is 5.20. The van der Waals surface area contributed by atoms with Crippen LogP contribution < -0.4 is 0 Å². The Morgan fingerprint density at radius 1 is 1.21 bits per heavy atom. The van der Waals surface area contributed by atoms with Gasteiger partial charge in [0.25, 0.3) is 0 Å². The lowest BCUT2D eigenvalue weighted by Gasteiger charge is -2.14. The highest BCUT2D eigenvalue weighted by atomic mass is 19.1. The van der Waals surface area contributed by atoms with Crippen molar-refractivity contribution >= 4 is 0 Å². The molecule has 0 aliphatic carbocycles. The minimum absolute atomic E-state index is 0.00555. The molecule has 0 radical (unpaired) electrons. The second kappa shape index (κ2) is 4.51. The molecule has 1 N–H and O–H groups in total. The van der Waals surface area contributed by atoms with E-state index >= 15 is 0 Å². The molecular weight excluding hydrogens is 186 g/mol. The molecule has 0 heterocycles. The highest BCUT2D eigenvalue weighted by Gasteiger charge is 2.15. The zero-order valence-corrected chi connectivity index (χ0v) is 8.30. The minimum Gasteiger partial charge on any atom is -0.393 e. The Kier molecular flexibility index (Phi) is 3.58. The predicted molar refractivity (Wildman–Crippen MR) is 50.9 cm³/mol. The zero-order chi connectivity index (χ0) is 10.7. The summed E-state index contributed by atoms with van der Waals surface area (Å²) in [6.07, 6.45) is -0.683. The second-order valence-corrected chi connectivity index (χ2v) is 3.72. The Hall–Kier alpha value is -0.960. The number of halogens is 2. The summed E-state index contributed by atoms with van der Waals surface area (Å²) in [6, 6.07) is 3.72.